The number of carbonyl (C=O) groups excluding carboxylic acids is 2. The van der Waals surface area contributed by atoms with Crippen molar-refractivity contribution >= 4 is 23.4 Å². The lowest BCUT2D eigenvalue weighted by molar-refractivity contribution is -0.157. The van der Waals surface area contributed by atoms with Crippen LogP contribution in [0.3, 0.4) is 0 Å². The molecule has 2 aromatic rings. The van der Waals surface area contributed by atoms with Gasteiger partial charge in [-0.2, -0.15) is 0 Å². The van der Waals surface area contributed by atoms with Crippen molar-refractivity contribution in [1.29, 1.82) is 0 Å². The van der Waals surface area contributed by atoms with Crippen LogP contribution in [0.2, 0.25) is 0 Å². The number of hydrogen-bond acceptors (Lipinski definition) is 4. The Morgan fingerprint density at radius 3 is 3.04 bits per heavy atom. The van der Waals surface area contributed by atoms with Crippen molar-refractivity contribution in [3.63, 3.8) is 0 Å². The molecule has 7 nitrogen and oxygen atoms in total. The van der Waals surface area contributed by atoms with Crippen LogP contribution < -0.4 is 0 Å². The second-order valence-corrected chi connectivity index (χ2v) is 6.90. The van der Waals surface area contributed by atoms with Crippen LogP contribution in [0.4, 0.5) is 0 Å². The molecule has 0 bridgehead atoms. The number of fused-ring (bicyclic) bond motifs is 1. The Morgan fingerprint density at radius 1 is 1.50 bits per heavy atom. The van der Waals surface area contributed by atoms with Crippen molar-refractivity contribution in [2.75, 3.05) is 13.1 Å². The lowest BCUT2D eigenvalue weighted by Gasteiger charge is -2.29. The third kappa shape index (κ3) is 3.88. The lowest BCUT2D eigenvalue weighted by atomic mass is 9.99. The average molecular weight is 358 g/mol. The van der Waals surface area contributed by atoms with Gasteiger partial charge in [0.15, 0.2) is 0 Å². The maximum atomic E-state index is 13.1. The van der Waals surface area contributed by atoms with E-state index in [2.05, 4.69) is 16.9 Å². The van der Waals surface area contributed by atoms with E-state index in [0.29, 0.717) is 24.4 Å². The van der Waals surface area contributed by atoms with Crippen molar-refractivity contribution in [2.45, 2.75) is 45.1 Å². The van der Waals surface area contributed by atoms with E-state index < -0.39 is 5.92 Å². The highest BCUT2D eigenvalue weighted by Crippen LogP contribution is 2.33. The molecular weight excluding hydrogens is 332 g/mol. The monoisotopic (exact) mass is 358 g/mol. The highest BCUT2D eigenvalue weighted by molar-refractivity contribution is 5.80. The summed E-state index contributed by atoms with van der Waals surface area (Å²) in [5.74, 6) is 0.403. The highest BCUT2D eigenvalue weighted by Gasteiger charge is 2.35. The first-order valence-corrected chi connectivity index (χ1v) is 9.30. The van der Waals surface area contributed by atoms with Gasteiger partial charge in [0, 0.05) is 6.54 Å². The van der Waals surface area contributed by atoms with E-state index in [1.807, 2.05) is 29.2 Å². The fourth-order valence-corrected chi connectivity index (χ4v) is 3.69. The number of H-pyrrole nitrogens is 1. The van der Waals surface area contributed by atoms with Gasteiger partial charge in [-0.3, -0.25) is 14.8 Å². The number of para-hydroxylation sites is 2. The number of imidazole rings is 1. The molecule has 3 rings (SSSR count). The third-order valence-corrected chi connectivity index (χ3v) is 5.04. The van der Waals surface area contributed by atoms with Gasteiger partial charge in [-0.1, -0.05) is 31.9 Å². The lowest BCUT2D eigenvalue weighted by Crippen LogP contribution is -2.40. The first-order valence-electron chi connectivity index (χ1n) is 9.30. The summed E-state index contributed by atoms with van der Waals surface area (Å²) < 4.78 is 0. The van der Waals surface area contributed by atoms with Gasteiger partial charge in [0.05, 0.1) is 29.5 Å². The quantitative estimate of drug-likeness (QED) is 0.431. The molecule has 1 aliphatic rings. The van der Waals surface area contributed by atoms with Crippen LogP contribution in [-0.4, -0.2) is 50.5 Å². The zero-order chi connectivity index (χ0) is 18.5. The molecule has 2 N–H and O–H groups in total. The Morgan fingerprint density at radius 2 is 2.31 bits per heavy atom. The molecule has 1 aromatic carbocycles. The summed E-state index contributed by atoms with van der Waals surface area (Å²) in [6.45, 7) is 2.77. The number of nitrogens with one attached hydrogen (secondary N) is 1. The van der Waals surface area contributed by atoms with E-state index in [1.54, 1.807) is 0 Å². The number of hydroxylamine groups is 2. The second kappa shape index (κ2) is 8.31. The summed E-state index contributed by atoms with van der Waals surface area (Å²) in [6, 6.07) is 7.75. The van der Waals surface area contributed by atoms with Crippen molar-refractivity contribution in [3.8, 4) is 0 Å². The molecule has 1 fully saturated rings. The van der Waals surface area contributed by atoms with Crippen LogP contribution in [0.5, 0.6) is 0 Å². The number of unbranched alkanes of at least 4 members (excludes halogenated alkanes) is 1. The van der Waals surface area contributed by atoms with Crippen molar-refractivity contribution in [3.05, 3.63) is 30.1 Å². The predicted octanol–water partition coefficient (Wildman–Crippen LogP) is 2.88. The molecular formula is C19H26N4O3. The van der Waals surface area contributed by atoms with E-state index in [-0.39, 0.29) is 18.5 Å². The molecule has 2 atom stereocenters. The Hall–Kier alpha value is -2.41. The Balaban J connectivity index is 1.80. The molecule has 0 spiro atoms. The predicted molar refractivity (Wildman–Crippen MR) is 97.4 cm³/mol. The largest absolute Gasteiger partial charge is 0.340 e. The van der Waals surface area contributed by atoms with Gasteiger partial charge in [-0.05, 0) is 31.4 Å². The Bertz CT molecular complexity index is 727. The molecule has 2 amide bonds. The Kier molecular flexibility index (Phi) is 5.88. The number of rotatable bonds is 8. The number of hydrogen-bond donors (Lipinski definition) is 2. The average Bonchev–Trinajstić information content (AvgIpc) is 3.30. The number of nitrogens with zero attached hydrogens (tertiary/aromatic N) is 3. The maximum absolute atomic E-state index is 13.1. The van der Waals surface area contributed by atoms with Crippen molar-refractivity contribution in [1.82, 2.24) is 19.9 Å². The first-order chi connectivity index (χ1) is 12.6. The summed E-state index contributed by atoms with van der Waals surface area (Å²) in [7, 11) is 0. The van der Waals surface area contributed by atoms with Crippen LogP contribution in [0.15, 0.2) is 24.3 Å². The number of likely N-dealkylation sites (tertiary alicyclic amines) is 1. The molecule has 1 aliphatic heterocycles. The van der Waals surface area contributed by atoms with Gasteiger partial charge >= 0.3 is 0 Å². The number of aromatic nitrogens is 2. The first kappa shape index (κ1) is 18.4. The molecule has 26 heavy (non-hydrogen) atoms. The van der Waals surface area contributed by atoms with Crippen molar-refractivity contribution < 1.29 is 14.8 Å². The number of aromatic amines is 1. The van der Waals surface area contributed by atoms with E-state index >= 15 is 0 Å². The highest BCUT2D eigenvalue weighted by atomic mass is 16.5. The number of benzene rings is 1. The number of carbonyl (C=O) groups is 2. The molecule has 7 heteroatoms. The third-order valence-electron chi connectivity index (χ3n) is 5.04. The SMILES string of the molecule is CCCC[C@@H](CN(O)C=O)C(=O)N1CCC[C@@H]1c1nc2ccccc2[nH]1. The minimum atomic E-state index is -0.393. The van der Waals surface area contributed by atoms with Crippen molar-refractivity contribution in [2.24, 2.45) is 5.92 Å². The van der Waals surface area contributed by atoms with Gasteiger partial charge in [0.2, 0.25) is 12.3 Å². The second-order valence-electron chi connectivity index (χ2n) is 6.90. The molecule has 0 unspecified atom stereocenters. The molecule has 1 aromatic heterocycles. The summed E-state index contributed by atoms with van der Waals surface area (Å²) in [4.78, 5) is 33.8. The maximum Gasteiger partial charge on any atom is 0.233 e. The molecule has 2 heterocycles. The normalized spacial score (nSPS) is 18.2. The zero-order valence-electron chi connectivity index (χ0n) is 15.1. The minimum absolute atomic E-state index is 0.0118. The smallest absolute Gasteiger partial charge is 0.233 e. The summed E-state index contributed by atoms with van der Waals surface area (Å²) in [5, 5.41) is 10.1. The standard InChI is InChI=1S/C19H26N4O3/c1-2-3-7-14(12-22(26)13-24)19(25)23-11-6-10-17(23)18-20-15-8-4-5-9-16(15)21-18/h4-5,8-9,13-14,17,26H,2-3,6-7,10-12H2,1H3,(H,20,21)/t14-,17+/m0/s1. The van der Waals surface area contributed by atoms with Crippen LogP contribution in [0.1, 0.15) is 50.9 Å². The zero-order valence-corrected chi connectivity index (χ0v) is 15.1. The summed E-state index contributed by atoms with van der Waals surface area (Å²) in [5.41, 5.74) is 1.86. The topological polar surface area (TPSA) is 89.5 Å². The Labute approximate surface area is 153 Å². The fourth-order valence-electron chi connectivity index (χ4n) is 3.69. The summed E-state index contributed by atoms with van der Waals surface area (Å²) >= 11 is 0. The van der Waals surface area contributed by atoms with Crippen LogP contribution in [0.25, 0.3) is 11.0 Å². The van der Waals surface area contributed by atoms with Gasteiger partial charge in [0.25, 0.3) is 0 Å². The fraction of sp³-hybridized carbons (Fsp3) is 0.526. The van der Waals surface area contributed by atoms with Crippen LogP contribution in [0, 0.1) is 5.92 Å². The molecule has 140 valence electrons. The van der Waals surface area contributed by atoms with Gasteiger partial charge in [-0.15, -0.1) is 0 Å². The molecule has 0 saturated carbocycles. The molecule has 0 radical (unpaired) electrons. The van der Waals surface area contributed by atoms with Gasteiger partial charge in [0.1, 0.15) is 5.82 Å². The molecule has 1 saturated heterocycles. The van der Waals surface area contributed by atoms with Gasteiger partial charge in [-0.25, -0.2) is 10.0 Å². The van der Waals surface area contributed by atoms with Crippen LogP contribution >= 0.6 is 0 Å². The van der Waals surface area contributed by atoms with Crippen LogP contribution in [-0.2, 0) is 9.59 Å². The van der Waals surface area contributed by atoms with Gasteiger partial charge < -0.3 is 9.88 Å². The van der Waals surface area contributed by atoms with E-state index in [1.165, 1.54) is 0 Å². The molecule has 0 aliphatic carbocycles. The number of amides is 2. The van der Waals surface area contributed by atoms with E-state index in [0.717, 1.165) is 42.5 Å². The minimum Gasteiger partial charge on any atom is -0.340 e. The summed E-state index contributed by atoms with van der Waals surface area (Å²) in [6.07, 6.45) is 4.64. The van der Waals surface area contributed by atoms with E-state index in [4.69, 9.17) is 0 Å². The van der Waals surface area contributed by atoms with E-state index in [9.17, 15) is 14.8 Å².